The smallest absolute Gasteiger partial charge is 0.327 e. The number of fused-ring (bicyclic) bond motifs is 2. The van der Waals surface area contributed by atoms with Crippen molar-refractivity contribution in [2.75, 3.05) is 0 Å². The standard InChI is InChI=1S/C19H14N2O4/c22-17-13-6-2-3-7-14(13)18(23)21(17)16(19(24)25)10-12-9-11-5-1-4-8-15(11)20-12/h1-9,16,20H,10H2,(H,24,25)/t16-/m0/s1. The van der Waals surface area contributed by atoms with Crippen LogP contribution >= 0.6 is 0 Å². The van der Waals surface area contributed by atoms with Crippen LogP contribution in [0.25, 0.3) is 10.9 Å². The summed E-state index contributed by atoms with van der Waals surface area (Å²) in [5, 5.41) is 10.6. The minimum atomic E-state index is -1.26. The molecule has 0 spiro atoms. The van der Waals surface area contributed by atoms with Crippen molar-refractivity contribution in [3.63, 3.8) is 0 Å². The fraction of sp³-hybridized carbons (Fsp3) is 0.105. The fourth-order valence-corrected chi connectivity index (χ4v) is 3.23. The highest BCUT2D eigenvalue weighted by molar-refractivity contribution is 6.22. The molecule has 6 heteroatoms. The number of carbonyl (C=O) groups is 3. The van der Waals surface area contributed by atoms with Gasteiger partial charge >= 0.3 is 5.97 Å². The van der Waals surface area contributed by atoms with Gasteiger partial charge in [0, 0.05) is 17.6 Å². The first-order chi connectivity index (χ1) is 12.1. The Morgan fingerprint density at radius 1 is 1.00 bits per heavy atom. The van der Waals surface area contributed by atoms with Gasteiger partial charge in [-0.25, -0.2) is 4.79 Å². The van der Waals surface area contributed by atoms with Crippen molar-refractivity contribution in [1.82, 2.24) is 9.88 Å². The number of aliphatic carboxylic acids is 1. The van der Waals surface area contributed by atoms with Gasteiger partial charge in [0.15, 0.2) is 0 Å². The van der Waals surface area contributed by atoms with Gasteiger partial charge in [-0.15, -0.1) is 0 Å². The molecule has 0 radical (unpaired) electrons. The minimum Gasteiger partial charge on any atom is -0.480 e. The maximum absolute atomic E-state index is 12.5. The lowest BCUT2D eigenvalue weighted by Crippen LogP contribution is -2.46. The topological polar surface area (TPSA) is 90.5 Å². The number of hydrogen-bond acceptors (Lipinski definition) is 3. The Hall–Kier alpha value is -3.41. The number of aromatic amines is 1. The third-order valence-electron chi connectivity index (χ3n) is 4.42. The van der Waals surface area contributed by atoms with Crippen LogP contribution in [0.1, 0.15) is 26.4 Å². The van der Waals surface area contributed by atoms with Crippen LogP contribution in [0.4, 0.5) is 0 Å². The molecule has 2 heterocycles. The number of rotatable bonds is 4. The number of carboxylic acids is 1. The van der Waals surface area contributed by atoms with Crippen molar-refractivity contribution in [2.24, 2.45) is 0 Å². The Morgan fingerprint density at radius 2 is 1.60 bits per heavy atom. The number of H-pyrrole nitrogens is 1. The third kappa shape index (κ3) is 2.39. The largest absolute Gasteiger partial charge is 0.480 e. The summed E-state index contributed by atoms with van der Waals surface area (Å²) in [6.45, 7) is 0. The average molecular weight is 334 g/mol. The predicted octanol–water partition coefficient (Wildman–Crippen LogP) is 2.46. The average Bonchev–Trinajstić information content (AvgIpc) is 3.12. The molecular formula is C19H14N2O4. The van der Waals surface area contributed by atoms with Gasteiger partial charge in [0.1, 0.15) is 6.04 Å². The van der Waals surface area contributed by atoms with E-state index in [0.717, 1.165) is 15.8 Å². The molecule has 2 amide bonds. The Morgan fingerprint density at radius 3 is 2.20 bits per heavy atom. The van der Waals surface area contributed by atoms with Gasteiger partial charge in [-0.3, -0.25) is 14.5 Å². The molecule has 0 aliphatic carbocycles. The molecule has 4 rings (SSSR count). The number of benzene rings is 2. The second-order valence-corrected chi connectivity index (χ2v) is 5.97. The molecule has 1 aliphatic rings. The zero-order valence-electron chi connectivity index (χ0n) is 13.1. The second kappa shape index (κ2) is 5.59. The molecule has 3 aromatic rings. The Labute approximate surface area is 142 Å². The van der Waals surface area contributed by atoms with Gasteiger partial charge in [0.25, 0.3) is 11.8 Å². The molecule has 0 saturated heterocycles. The van der Waals surface area contributed by atoms with E-state index in [4.69, 9.17) is 0 Å². The molecule has 2 N–H and O–H groups in total. The summed E-state index contributed by atoms with van der Waals surface area (Å²) in [5.74, 6) is -2.35. The maximum Gasteiger partial charge on any atom is 0.327 e. The highest BCUT2D eigenvalue weighted by Crippen LogP contribution is 2.26. The van der Waals surface area contributed by atoms with Crippen molar-refractivity contribution < 1.29 is 19.5 Å². The van der Waals surface area contributed by atoms with Crippen molar-refractivity contribution in [2.45, 2.75) is 12.5 Å². The number of amides is 2. The summed E-state index contributed by atoms with van der Waals surface area (Å²) in [7, 11) is 0. The van der Waals surface area contributed by atoms with Crippen LogP contribution in [0.15, 0.2) is 54.6 Å². The van der Waals surface area contributed by atoms with Gasteiger partial charge < -0.3 is 10.1 Å². The number of imide groups is 1. The third-order valence-corrected chi connectivity index (χ3v) is 4.42. The van der Waals surface area contributed by atoms with Gasteiger partial charge in [-0.1, -0.05) is 30.3 Å². The lowest BCUT2D eigenvalue weighted by Gasteiger charge is -2.22. The van der Waals surface area contributed by atoms with Gasteiger partial charge in [0.05, 0.1) is 11.1 Å². The number of aromatic nitrogens is 1. The zero-order valence-corrected chi connectivity index (χ0v) is 13.1. The fourth-order valence-electron chi connectivity index (χ4n) is 3.23. The van der Waals surface area contributed by atoms with Crippen LogP contribution in [0, 0.1) is 0 Å². The van der Waals surface area contributed by atoms with Crippen molar-refractivity contribution in [3.05, 3.63) is 71.4 Å². The number of nitrogens with one attached hydrogen (secondary N) is 1. The normalized spacial score (nSPS) is 14.8. The maximum atomic E-state index is 12.5. The molecule has 0 fully saturated rings. The summed E-state index contributed by atoms with van der Waals surface area (Å²) in [5.41, 5.74) is 2.03. The summed E-state index contributed by atoms with van der Waals surface area (Å²) in [6.07, 6.45) is 0.0233. The van der Waals surface area contributed by atoms with Gasteiger partial charge in [0.2, 0.25) is 0 Å². The van der Waals surface area contributed by atoms with Crippen LogP contribution in [-0.2, 0) is 11.2 Å². The summed E-state index contributed by atoms with van der Waals surface area (Å²) < 4.78 is 0. The van der Waals surface area contributed by atoms with E-state index in [1.165, 1.54) is 12.1 Å². The Kier molecular flexibility index (Phi) is 3.39. The van der Waals surface area contributed by atoms with Crippen LogP contribution < -0.4 is 0 Å². The van der Waals surface area contributed by atoms with Crippen molar-refractivity contribution in [3.8, 4) is 0 Å². The van der Waals surface area contributed by atoms with Crippen molar-refractivity contribution >= 4 is 28.7 Å². The molecule has 6 nitrogen and oxygen atoms in total. The number of carbonyl (C=O) groups excluding carboxylic acids is 2. The molecular weight excluding hydrogens is 320 g/mol. The van der Waals surface area contributed by atoms with Gasteiger partial charge in [-0.05, 0) is 29.7 Å². The number of hydrogen-bond donors (Lipinski definition) is 2. The number of carboxylic acid groups (broad SMARTS) is 1. The Balaban J connectivity index is 1.69. The van der Waals surface area contributed by atoms with E-state index in [1.807, 2.05) is 30.3 Å². The highest BCUT2D eigenvalue weighted by atomic mass is 16.4. The van der Waals surface area contributed by atoms with Crippen LogP contribution in [0.5, 0.6) is 0 Å². The molecule has 0 bridgehead atoms. The monoisotopic (exact) mass is 334 g/mol. The van der Waals surface area contributed by atoms with Crippen LogP contribution in [0.2, 0.25) is 0 Å². The van der Waals surface area contributed by atoms with E-state index in [9.17, 15) is 19.5 Å². The van der Waals surface area contributed by atoms with E-state index in [0.29, 0.717) is 5.69 Å². The molecule has 2 aromatic carbocycles. The minimum absolute atomic E-state index is 0.0233. The second-order valence-electron chi connectivity index (χ2n) is 5.97. The van der Waals surface area contributed by atoms with Crippen molar-refractivity contribution in [1.29, 1.82) is 0 Å². The molecule has 1 aromatic heterocycles. The lowest BCUT2D eigenvalue weighted by atomic mass is 10.1. The first-order valence-electron chi connectivity index (χ1n) is 7.82. The summed E-state index contributed by atoms with van der Waals surface area (Å²) in [6, 6.07) is 14.5. The SMILES string of the molecule is O=C(O)[C@H](Cc1cc2ccccc2[nH]1)N1C(=O)c2ccccc2C1=O. The summed E-state index contributed by atoms with van der Waals surface area (Å²) in [4.78, 5) is 40.9. The van der Waals surface area contributed by atoms with E-state index < -0.39 is 23.8 Å². The Bertz CT molecular complexity index is 953. The predicted molar refractivity (Wildman–Crippen MR) is 90.4 cm³/mol. The van der Waals surface area contributed by atoms with E-state index in [1.54, 1.807) is 12.1 Å². The molecule has 0 unspecified atom stereocenters. The number of para-hydroxylation sites is 1. The molecule has 1 atom stereocenters. The van der Waals surface area contributed by atoms with Crippen LogP contribution in [0.3, 0.4) is 0 Å². The lowest BCUT2D eigenvalue weighted by molar-refractivity contribution is -0.141. The molecule has 1 aliphatic heterocycles. The van der Waals surface area contributed by atoms with E-state index in [2.05, 4.69) is 4.98 Å². The summed E-state index contributed by atoms with van der Waals surface area (Å²) >= 11 is 0. The zero-order chi connectivity index (χ0) is 17.6. The molecule has 25 heavy (non-hydrogen) atoms. The first-order valence-corrected chi connectivity index (χ1v) is 7.82. The molecule has 0 saturated carbocycles. The van der Waals surface area contributed by atoms with E-state index in [-0.39, 0.29) is 17.5 Å². The van der Waals surface area contributed by atoms with Crippen LogP contribution in [-0.4, -0.2) is 38.8 Å². The quantitative estimate of drug-likeness (QED) is 0.717. The number of nitrogens with zero attached hydrogens (tertiary/aromatic N) is 1. The molecule has 124 valence electrons. The first kappa shape index (κ1) is 15.1. The van der Waals surface area contributed by atoms with Gasteiger partial charge in [-0.2, -0.15) is 0 Å². The highest BCUT2D eigenvalue weighted by Gasteiger charge is 2.42. The van der Waals surface area contributed by atoms with E-state index >= 15 is 0 Å².